The summed E-state index contributed by atoms with van der Waals surface area (Å²) in [7, 11) is 0. The van der Waals surface area contributed by atoms with Crippen molar-refractivity contribution >= 4 is 5.97 Å². The van der Waals surface area contributed by atoms with Crippen molar-refractivity contribution in [3.63, 3.8) is 0 Å². The predicted molar refractivity (Wildman–Crippen MR) is 111 cm³/mol. The molecule has 0 fully saturated rings. The van der Waals surface area contributed by atoms with Crippen LogP contribution in [0.2, 0.25) is 0 Å². The summed E-state index contributed by atoms with van der Waals surface area (Å²) in [6.45, 7) is 8.02. The average molecular weight is 372 g/mol. The summed E-state index contributed by atoms with van der Waals surface area (Å²) in [6, 6.07) is 25.0. The van der Waals surface area contributed by atoms with Crippen LogP contribution in [-0.4, -0.2) is 5.97 Å². The van der Waals surface area contributed by atoms with Gasteiger partial charge in [0, 0.05) is 0 Å². The lowest BCUT2D eigenvalue weighted by Crippen LogP contribution is -2.17. The lowest BCUT2D eigenvalue weighted by molar-refractivity contribution is -0.145. The first kappa shape index (κ1) is 19.4. The van der Waals surface area contributed by atoms with Crippen LogP contribution in [0.1, 0.15) is 29.5 Å². The highest BCUT2D eigenvalue weighted by molar-refractivity contribution is 5.81. The smallest absolute Gasteiger partial charge is 0.317 e. The van der Waals surface area contributed by atoms with Crippen LogP contribution in [0.15, 0.2) is 91.0 Å². The molecule has 0 aliphatic carbocycles. The SMILES string of the molecule is C=C(C)C(C(=O)OCc1cccc(Oc2ccccc2)c1)c1ccc(C)cc1. The molecule has 3 aromatic rings. The van der Waals surface area contributed by atoms with Crippen molar-refractivity contribution < 1.29 is 14.3 Å². The summed E-state index contributed by atoms with van der Waals surface area (Å²) in [5.41, 5.74) is 3.67. The standard InChI is InChI=1S/C25H24O3/c1-18(2)24(21-14-12-19(3)13-15-21)25(26)27-17-20-8-7-11-23(16-20)28-22-9-5-4-6-10-22/h4-16,24H,1,17H2,2-3H3. The van der Waals surface area contributed by atoms with E-state index in [0.717, 1.165) is 28.0 Å². The largest absolute Gasteiger partial charge is 0.460 e. The number of carbonyl (C=O) groups is 1. The van der Waals surface area contributed by atoms with Gasteiger partial charge in [0.1, 0.15) is 24.0 Å². The Morgan fingerprint density at radius 2 is 1.61 bits per heavy atom. The van der Waals surface area contributed by atoms with Crippen LogP contribution in [0.5, 0.6) is 11.5 Å². The molecule has 0 radical (unpaired) electrons. The Kier molecular flexibility index (Phi) is 6.28. The number of benzene rings is 3. The van der Waals surface area contributed by atoms with Crippen LogP contribution >= 0.6 is 0 Å². The van der Waals surface area contributed by atoms with Gasteiger partial charge in [-0.05, 0) is 49.2 Å². The van der Waals surface area contributed by atoms with Gasteiger partial charge in [0.15, 0.2) is 0 Å². The van der Waals surface area contributed by atoms with Gasteiger partial charge in [0.25, 0.3) is 0 Å². The zero-order chi connectivity index (χ0) is 19.9. The number of hydrogen-bond donors (Lipinski definition) is 0. The summed E-state index contributed by atoms with van der Waals surface area (Å²) in [6.07, 6.45) is 0. The van der Waals surface area contributed by atoms with Crippen molar-refractivity contribution in [2.75, 3.05) is 0 Å². The van der Waals surface area contributed by atoms with Crippen LogP contribution in [0, 0.1) is 6.92 Å². The summed E-state index contributed by atoms with van der Waals surface area (Å²) in [5.74, 6) is 0.697. The molecule has 1 atom stereocenters. The Balaban J connectivity index is 1.67. The molecule has 0 spiro atoms. The summed E-state index contributed by atoms with van der Waals surface area (Å²) in [4.78, 5) is 12.7. The summed E-state index contributed by atoms with van der Waals surface area (Å²) >= 11 is 0. The van der Waals surface area contributed by atoms with Crippen molar-refractivity contribution in [2.45, 2.75) is 26.4 Å². The highest BCUT2D eigenvalue weighted by Crippen LogP contribution is 2.26. The van der Waals surface area contributed by atoms with Crippen molar-refractivity contribution in [3.8, 4) is 11.5 Å². The van der Waals surface area contributed by atoms with E-state index in [-0.39, 0.29) is 12.6 Å². The number of ether oxygens (including phenoxy) is 2. The predicted octanol–water partition coefficient (Wildman–Crippen LogP) is 6.19. The minimum atomic E-state index is -0.468. The molecule has 3 nitrogen and oxygen atoms in total. The van der Waals surface area contributed by atoms with Crippen molar-refractivity contribution in [1.29, 1.82) is 0 Å². The van der Waals surface area contributed by atoms with E-state index in [9.17, 15) is 4.79 Å². The summed E-state index contributed by atoms with van der Waals surface area (Å²) in [5, 5.41) is 0. The molecule has 3 rings (SSSR count). The maximum atomic E-state index is 12.7. The second-order valence-electron chi connectivity index (χ2n) is 6.86. The van der Waals surface area contributed by atoms with Gasteiger partial charge in [0.2, 0.25) is 0 Å². The van der Waals surface area contributed by atoms with Gasteiger partial charge in [-0.2, -0.15) is 0 Å². The molecule has 0 aromatic heterocycles. The van der Waals surface area contributed by atoms with E-state index in [4.69, 9.17) is 9.47 Å². The van der Waals surface area contributed by atoms with E-state index < -0.39 is 5.92 Å². The van der Waals surface area contributed by atoms with E-state index in [1.54, 1.807) is 0 Å². The Morgan fingerprint density at radius 1 is 0.929 bits per heavy atom. The van der Waals surface area contributed by atoms with Gasteiger partial charge < -0.3 is 9.47 Å². The fourth-order valence-electron chi connectivity index (χ4n) is 2.94. The average Bonchev–Trinajstić information content (AvgIpc) is 2.69. The molecular formula is C25H24O3. The van der Waals surface area contributed by atoms with Gasteiger partial charge in [-0.15, -0.1) is 0 Å². The molecule has 0 N–H and O–H groups in total. The number of hydrogen-bond acceptors (Lipinski definition) is 3. The quantitative estimate of drug-likeness (QED) is 0.366. The van der Waals surface area contributed by atoms with Crippen LogP contribution in [0.4, 0.5) is 0 Å². The first-order valence-electron chi connectivity index (χ1n) is 9.23. The first-order valence-corrected chi connectivity index (χ1v) is 9.23. The second-order valence-corrected chi connectivity index (χ2v) is 6.86. The lowest BCUT2D eigenvalue weighted by atomic mass is 9.92. The molecular weight excluding hydrogens is 348 g/mol. The Morgan fingerprint density at radius 3 is 2.29 bits per heavy atom. The van der Waals surface area contributed by atoms with E-state index in [1.165, 1.54) is 0 Å². The fourth-order valence-corrected chi connectivity index (χ4v) is 2.94. The first-order chi connectivity index (χ1) is 13.5. The van der Waals surface area contributed by atoms with E-state index in [2.05, 4.69) is 6.58 Å². The molecule has 0 aliphatic rings. The zero-order valence-corrected chi connectivity index (χ0v) is 16.2. The van der Waals surface area contributed by atoms with Crippen molar-refractivity contribution in [2.24, 2.45) is 0 Å². The van der Waals surface area contributed by atoms with Gasteiger partial charge in [0.05, 0.1) is 0 Å². The third-order valence-corrected chi connectivity index (χ3v) is 4.40. The van der Waals surface area contributed by atoms with E-state index in [1.807, 2.05) is 92.7 Å². The molecule has 0 saturated carbocycles. The van der Waals surface area contributed by atoms with Crippen LogP contribution in [0.3, 0.4) is 0 Å². The van der Waals surface area contributed by atoms with E-state index in [0.29, 0.717) is 5.75 Å². The third-order valence-electron chi connectivity index (χ3n) is 4.40. The number of para-hydroxylation sites is 1. The maximum absolute atomic E-state index is 12.7. The molecule has 142 valence electrons. The molecule has 0 amide bonds. The summed E-state index contributed by atoms with van der Waals surface area (Å²) < 4.78 is 11.4. The zero-order valence-electron chi connectivity index (χ0n) is 16.2. The van der Waals surface area contributed by atoms with Crippen molar-refractivity contribution in [1.82, 2.24) is 0 Å². The Bertz CT molecular complexity index is 943. The second kappa shape index (κ2) is 9.05. The lowest BCUT2D eigenvalue weighted by Gasteiger charge is -2.17. The highest BCUT2D eigenvalue weighted by Gasteiger charge is 2.23. The molecule has 3 aromatic carbocycles. The minimum absolute atomic E-state index is 0.181. The van der Waals surface area contributed by atoms with Gasteiger partial charge >= 0.3 is 5.97 Å². The van der Waals surface area contributed by atoms with Crippen LogP contribution in [-0.2, 0) is 16.1 Å². The molecule has 0 heterocycles. The monoisotopic (exact) mass is 372 g/mol. The van der Waals surface area contributed by atoms with E-state index >= 15 is 0 Å². The van der Waals surface area contributed by atoms with Gasteiger partial charge in [-0.3, -0.25) is 4.79 Å². The topological polar surface area (TPSA) is 35.5 Å². The number of carbonyl (C=O) groups excluding carboxylic acids is 1. The van der Waals surface area contributed by atoms with Crippen LogP contribution in [0.25, 0.3) is 0 Å². The number of rotatable bonds is 7. The Hall–Kier alpha value is -3.33. The van der Waals surface area contributed by atoms with Gasteiger partial charge in [-0.1, -0.05) is 72.3 Å². The normalized spacial score (nSPS) is 11.5. The minimum Gasteiger partial charge on any atom is -0.460 e. The molecule has 28 heavy (non-hydrogen) atoms. The highest BCUT2D eigenvalue weighted by atomic mass is 16.5. The molecule has 0 bridgehead atoms. The molecule has 0 aliphatic heterocycles. The molecule has 1 unspecified atom stereocenters. The molecule has 0 saturated heterocycles. The van der Waals surface area contributed by atoms with Crippen molar-refractivity contribution in [3.05, 3.63) is 108 Å². The molecule has 3 heteroatoms. The number of esters is 1. The fraction of sp³-hybridized carbons (Fsp3) is 0.160. The van der Waals surface area contributed by atoms with Gasteiger partial charge in [-0.25, -0.2) is 0 Å². The third kappa shape index (κ3) is 5.10. The van der Waals surface area contributed by atoms with Crippen LogP contribution < -0.4 is 4.74 Å². The number of aryl methyl sites for hydroxylation is 1. The Labute approximate surface area is 166 Å². The maximum Gasteiger partial charge on any atom is 0.317 e.